The van der Waals surface area contributed by atoms with E-state index in [2.05, 4.69) is 10.1 Å². The second-order valence-electron chi connectivity index (χ2n) is 6.46. The Morgan fingerprint density at radius 1 is 0.929 bits per heavy atom. The van der Waals surface area contributed by atoms with Gasteiger partial charge < -0.3 is 4.90 Å². The fourth-order valence-electron chi connectivity index (χ4n) is 3.13. The first-order valence-corrected chi connectivity index (χ1v) is 9.11. The van der Waals surface area contributed by atoms with Gasteiger partial charge in [-0.25, -0.2) is 9.67 Å². The molecule has 28 heavy (non-hydrogen) atoms. The van der Waals surface area contributed by atoms with Crippen LogP contribution in [0, 0.1) is 6.92 Å². The van der Waals surface area contributed by atoms with E-state index in [-0.39, 0.29) is 5.91 Å². The Labute approximate surface area is 163 Å². The molecular formula is C23H20N4O. The van der Waals surface area contributed by atoms with Gasteiger partial charge in [0.25, 0.3) is 5.91 Å². The molecular weight excluding hydrogens is 348 g/mol. The summed E-state index contributed by atoms with van der Waals surface area (Å²) in [5.74, 6) is 0.600. The van der Waals surface area contributed by atoms with Crippen molar-refractivity contribution < 1.29 is 4.79 Å². The van der Waals surface area contributed by atoms with Crippen molar-refractivity contribution in [1.29, 1.82) is 0 Å². The lowest BCUT2D eigenvalue weighted by Gasteiger charge is -2.23. The molecule has 0 aliphatic rings. The van der Waals surface area contributed by atoms with Gasteiger partial charge in [-0.15, -0.1) is 0 Å². The third-order valence-corrected chi connectivity index (χ3v) is 4.60. The van der Waals surface area contributed by atoms with Gasteiger partial charge in [-0.05, 0) is 36.8 Å². The maximum Gasteiger partial charge on any atom is 0.262 e. The molecule has 0 unspecified atom stereocenters. The molecule has 1 amide bonds. The van der Waals surface area contributed by atoms with Crippen LogP contribution in [0.15, 0.2) is 91.3 Å². The Morgan fingerprint density at radius 3 is 2.29 bits per heavy atom. The molecule has 0 bridgehead atoms. The average Bonchev–Trinajstić information content (AvgIpc) is 3.15. The largest absolute Gasteiger partial charge is 0.304 e. The van der Waals surface area contributed by atoms with Crippen molar-refractivity contribution in [2.45, 2.75) is 13.5 Å². The van der Waals surface area contributed by atoms with E-state index in [9.17, 15) is 4.79 Å². The van der Waals surface area contributed by atoms with Crippen LogP contribution in [-0.2, 0) is 6.54 Å². The van der Waals surface area contributed by atoms with Gasteiger partial charge in [-0.3, -0.25) is 4.79 Å². The van der Waals surface area contributed by atoms with Crippen molar-refractivity contribution >= 4 is 11.6 Å². The molecule has 5 heteroatoms. The topological polar surface area (TPSA) is 51.0 Å². The Morgan fingerprint density at radius 2 is 1.61 bits per heavy atom. The molecule has 0 N–H and O–H groups in total. The highest BCUT2D eigenvalue weighted by molar-refractivity contribution is 6.06. The SMILES string of the molecule is Cc1c(C(=O)N(Cc2ccccc2)c2ccccc2)cnn1-c1ccccn1. The van der Waals surface area contributed by atoms with E-state index in [1.165, 1.54) is 0 Å². The van der Waals surface area contributed by atoms with Gasteiger partial charge in [0.05, 0.1) is 24.0 Å². The zero-order valence-corrected chi connectivity index (χ0v) is 15.6. The van der Waals surface area contributed by atoms with Crippen LogP contribution in [0.2, 0.25) is 0 Å². The van der Waals surface area contributed by atoms with Gasteiger partial charge >= 0.3 is 0 Å². The number of anilines is 1. The summed E-state index contributed by atoms with van der Waals surface area (Å²) in [6.07, 6.45) is 3.33. The molecule has 0 radical (unpaired) electrons. The van der Waals surface area contributed by atoms with Crippen LogP contribution in [0.5, 0.6) is 0 Å². The summed E-state index contributed by atoms with van der Waals surface area (Å²) in [5, 5.41) is 4.40. The van der Waals surface area contributed by atoms with Crippen molar-refractivity contribution in [2.75, 3.05) is 4.90 Å². The van der Waals surface area contributed by atoms with Crippen LogP contribution in [-0.4, -0.2) is 20.7 Å². The number of aromatic nitrogens is 3. The first-order chi connectivity index (χ1) is 13.7. The summed E-state index contributed by atoms with van der Waals surface area (Å²) in [5.41, 5.74) is 3.24. The molecule has 2 heterocycles. The van der Waals surface area contributed by atoms with Crippen LogP contribution in [0.25, 0.3) is 5.82 Å². The maximum atomic E-state index is 13.5. The van der Waals surface area contributed by atoms with Crippen LogP contribution in [0.3, 0.4) is 0 Å². The van der Waals surface area contributed by atoms with Crippen molar-refractivity contribution in [3.8, 4) is 5.82 Å². The van der Waals surface area contributed by atoms with Crippen LogP contribution >= 0.6 is 0 Å². The van der Waals surface area contributed by atoms with Gasteiger partial charge in [-0.1, -0.05) is 54.6 Å². The minimum Gasteiger partial charge on any atom is -0.304 e. The number of carbonyl (C=O) groups is 1. The molecule has 4 aromatic rings. The molecule has 0 aliphatic carbocycles. The normalized spacial score (nSPS) is 10.6. The summed E-state index contributed by atoms with van der Waals surface area (Å²) in [6.45, 7) is 2.37. The highest BCUT2D eigenvalue weighted by Gasteiger charge is 2.23. The van der Waals surface area contributed by atoms with Crippen LogP contribution < -0.4 is 4.90 Å². The quantitative estimate of drug-likeness (QED) is 0.524. The molecule has 2 aromatic heterocycles. The van der Waals surface area contributed by atoms with E-state index in [0.29, 0.717) is 17.9 Å². The Kier molecular flexibility index (Phi) is 4.97. The molecule has 138 valence electrons. The fourth-order valence-corrected chi connectivity index (χ4v) is 3.13. The van der Waals surface area contributed by atoms with E-state index in [1.54, 1.807) is 22.0 Å². The van der Waals surface area contributed by atoms with E-state index in [0.717, 1.165) is 16.9 Å². The molecule has 0 saturated carbocycles. The fraction of sp³-hybridized carbons (Fsp3) is 0.0870. The lowest BCUT2D eigenvalue weighted by atomic mass is 10.1. The molecule has 5 nitrogen and oxygen atoms in total. The summed E-state index contributed by atoms with van der Waals surface area (Å²) >= 11 is 0. The third-order valence-electron chi connectivity index (χ3n) is 4.60. The van der Waals surface area contributed by atoms with Crippen molar-refractivity contribution in [3.05, 3.63) is 108 Å². The zero-order valence-electron chi connectivity index (χ0n) is 15.6. The zero-order chi connectivity index (χ0) is 19.3. The number of nitrogens with zero attached hydrogens (tertiary/aromatic N) is 4. The standard InChI is InChI=1S/C23H20N4O/c1-18-21(16-25-27(18)22-14-8-9-15-24-22)23(28)26(20-12-6-3-7-13-20)17-19-10-4-2-5-11-19/h2-16H,17H2,1H3. The first-order valence-electron chi connectivity index (χ1n) is 9.11. The predicted octanol–water partition coefficient (Wildman–Crippen LogP) is 4.42. The number of rotatable bonds is 5. The summed E-state index contributed by atoms with van der Waals surface area (Å²) in [7, 11) is 0. The minimum atomic E-state index is -0.0882. The molecule has 0 saturated heterocycles. The van der Waals surface area contributed by atoms with E-state index in [1.807, 2.05) is 85.8 Å². The molecule has 0 spiro atoms. The smallest absolute Gasteiger partial charge is 0.262 e. The van der Waals surface area contributed by atoms with E-state index >= 15 is 0 Å². The lowest BCUT2D eigenvalue weighted by molar-refractivity contribution is 0.0984. The van der Waals surface area contributed by atoms with Crippen LogP contribution in [0.1, 0.15) is 21.6 Å². The number of carbonyl (C=O) groups excluding carboxylic acids is 1. The van der Waals surface area contributed by atoms with E-state index in [4.69, 9.17) is 0 Å². The van der Waals surface area contributed by atoms with Gasteiger partial charge in [-0.2, -0.15) is 5.10 Å². The number of pyridine rings is 1. The number of para-hydroxylation sites is 1. The maximum absolute atomic E-state index is 13.5. The van der Waals surface area contributed by atoms with Gasteiger partial charge in [0.1, 0.15) is 0 Å². The van der Waals surface area contributed by atoms with Gasteiger partial charge in [0, 0.05) is 11.9 Å². The highest BCUT2D eigenvalue weighted by Crippen LogP contribution is 2.22. The Bertz CT molecular complexity index is 1060. The summed E-state index contributed by atoms with van der Waals surface area (Å²) in [4.78, 5) is 19.6. The van der Waals surface area contributed by atoms with Crippen molar-refractivity contribution in [3.63, 3.8) is 0 Å². The number of benzene rings is 2. The molecule has 4 rings (SSSR count). The second kappa shape index (κ2) is 7.88. The molecule has 2 aromatic carbocycles. The Balaban J connectivity index is 1.71. The number of hydrogen-bond donors (Lipinski definition) is 0. The van der Waals surface area contributed by atoms with Crippen molar-refractivity contribution in [1.82, 2.24) is 14.8 Å². The number of amides is 1. The third kappa shape index (κ3) is 3.55. The van der Waals surface area contributed by atoms with Gasteiger partial charge in [0.15, 0.2) is 5.82 Å². The lowest BCUT2D eigenvalue weighted by Crippen LogP contribution is -2.30. The average molecular weight is 368 g/mol. The first kappa shape index (κ1) is 17.7. The molecule has 0 atom stereocenters. The minimum absolute atomic E-state index is 0.0882. The summed E-state index contributed by atoms with van der Waals surface area (Å²) in [6, 6.07) is 25.3. The molecule has 0 aliphatic heterocycles. The Hall–Kier alpha value is -3.73. The molecule has 0 fully saturated rings. The van der Waals surface area contributed by atoms with Crippen LogP contribution in [0.4, 0.5) is 5.69 Å². The highest BCUT2D eigenvalue weighted by atomic mass is 16.2. The van der Waals surface area contributed by atoms with Crippen molar-refractivity contribution in [2.24, 2.45) is 0 Å². The second-order valence-corrected chi connectivity index (χ2v) is 6.46. The summed E-state index contributed by atoms with van der Waals surface area (Å²) < 4.78 is 1.69. The predicted molar refractivity (Wildman–Crippen MR) is 109 cm³/mol. The van der Waals surface area contributed by atoms with E-state index < -0.39 is 0 Å². The number of hydrogen-bond acceptors (Lipinski definition) is 3. The monoisotopic (exact) mass is 368 g/mol. The van der Waals surface area contributed by atoms with Gasteiger partial charge in [0.2, 0.25) is 0 Å².